The van der Waals surface area contributed by atoms with Crippen molar-refractivity contribution in [3.05, 3.63) is 0 Å². The molecule has 0 radical (unpaired) electrons. The molecule has 1 N–H and O–H groups in total. The van der Waals surface area contributed by atoms with Gasteiger partial charge in [-0.25, -0.2) is 0 Å². The van der Waals surface area contributed by atoms with Gasteiger partial charge >= 0.3 is 6.18 Å². The highest BCUT2D eigenvalue weighted by atomic mass is 19.4. The number of halogens is 3. The number of nitrogens with one attached hydrogen (secondary N) is 1. The third-order valence-corrected chi connectivity index (χ3v) is 3.75. The molecule has 0 aromatic carbocycles. The van der Waals surface area contributed by atoms with Crippen molar-refractivity contribution in [1.82, 2.24) is 10.2 Å². The molecule has 19 heavy (non-hydrogen) atoms. The van der Waals surface area contributed by atoms with Crippen molar-refractivity contribution in [3.63, 3.8) is 0 Å². The maximum absolute atomic E-state index is 12.1. The molecule has 1 saturated heterocycles. The van der Waals surface area contributed by atoms with Gasteiger partial charge in [-0.2, -0.15) is 13.2 Å². The van der Waals surface area contributed by atoms with E-state index in [4.69, 9.17) is 0 Å². The Balaban J connectivity index is 2.11. The van der Waals surface area contributed by atoms with E-state index in [1.165, 1.54) is 6.42 Å². The molecule has 2 nitrogen and oxygen atoms in total. The van der Waals surface area contributed by atoms with E-state index in [9.17, 15) is 13.2 Å². The Morgan fingerprint density at radius 2 is 1.89 bits per heavy atom. The monoisotopic (exact) mass is 280 g/mol. The standard InChI is InChI=1S/C14H27F3N2/c1-3-9-19-10-6-13(7-11-19)18-12(2)5-4-8-14(15,16)17/h12-13,18H,3-11H2,1-2H3. The quantitative estimate of drug-likeness (QED) is 0.767. The maximum atomic E-state index is 12.1. The van der Waals surface area contributed by atoms with E-state index < -0.39 is 12.6 Å². The van der Waals surface area contributed by atoms with Crippen LogP contribution in [0.1, 0.15) is 52.4 Å². The second kappa shape index (κ2) is 8.10. The third-order valence-electron chi connectivity index (χ3n) is 3.75. The summed E-state index contributed by atoms with van der Waals surface area (Å²) in [6.07, 6.45) is -0.417. The Bertz CT molecular complexity index is 235. The van der Waals surface area contributed by atoms with Gasteiger partial charge in [-0.1, -0.05) is 6.92 Å². The number of hydrogen-bond donors (Lipinski definition) is 1. The van der Waals surface area contributed by atoms with Gasteiger partial charge in [0.2, 0.25) is 0 Å². The first-order valence-corrected chi connectivity index (χ1v) is 7.46. The molecule has 1 rings (SSSR count). The van der Waals surface area contributed by atoms with Crippen LogP contribution < -0.4 is 5.32 Å². The zero-order chi connectivity index (χ0) is 14.3. The maximum Gasteiger partial charge on any atom is 0.389 e. The normalized spacial score (nSPS) is 20.7. The van der Waals surface area contributed by atoms with E-state index in [0.717, 1.165) is 32.5 Å². The van der Waals surface area contributed by atoms with Crippen molar-refractivity contribution < 1.29 is 13.2 Å². The predicted octanol–water partition coefficient (Wildman–Crippen LogP) is 3.57. The predicted molar refractivity (Wildman–Crippen MR) is 72.3 cm³/mol. The van der Waals surface area contributed by atoms with E-state index in [-0.39, 0.29) is 12.5 Å². The lowest BCUT2D eigenvalue weighted by atomic mass is 10.0. The molecular formula is C14H27F3N2. The van der Waals surface area contributed by atoms with Gasteiger partial charge in [0.25, 0.3) is 0 Å². The molecule has 1 unspecified atom stereocenters. The number of likely N-dealkylation sites (tertiary alicyclic amines) is 1. The summed E-state index contributed by atoms with van der Waals surface area (Å²) in [6.45, 7) is 7.57. The van der Waals surface area contributed by atoms with Gasteiger partial charge in [0.15, 0.2) is 0 Å². The van der Waals surface area contributed by atoms with E-state index in [0.29, 0.717) is 12.5 Å². The Morgan fingerprint density at radius 1 is 1.26 bits per heavy atom. The molecule has 0 aromatic heterocycles. The largest absolute Gasteiger partial charge is 0.389 e. The molecule has 0 spiro atoms. The second-order valence-electron chi connectivity index (χ2n) is 5.69. The fraction of sp³-hybridized carbons (Fsp3) is 1.00. The Kier molecular flexibility index (Phi) is 7.15. The van der Waals surface area contributed by atoms with Crippen molar-refractivity contribution in [1.29, 1.82) is 0 Å². The van der Waals surface area contributed by atoms with Crippen molar-refractivity contribution in [3.8, 4) is 0 Å². The van der Waals surface area contributed by atoms with E-state index >= 15 is 0 Å². The summed E-state index contributed by atoms with van der Waals surface area (Å²) in [7, 11) is 0. The molecule has 114 valence electrons. The van der Waals surface area contributed by atoms with Gasteiger partial charge in [-0.15, -0.1) is 0 Å². The fourth-order valence-corrected chi connectivity index (χ4v) is 2.73. The smallest absolute Gasteiger partial charge is 0.311 e. The zero-order valence-electron chi connectivity index (χ0n) is 12.1. The lowest BCUT2D eigenvalue weighted by Crippen LogP contribution is -2.45. The minimum Gasteiger partial charge on any atom is -0.311 e. The summed E-state index contributed by atoms with van der Waals surface area (Å²) in [5.41, 5.74) is 0. The van der Waals surface area contributed by atoms with Gasteiger partial charge in [0.1, 0.15) is 0 Å². The van der Waals surface area contributed by atoms with Crippen LogP contribution in [0.3, 0.4) is 0 Å². The summed E-state index contributed by atoms with van der Waals surface area (Å²) in [5.74, 6) is 0. The van der Waals surface area contributed by atoms with Crippen LogP contribution in [0.4, 0.5) is 13.2 Å². The SMILES string of the molecule is CCCN1CCC(NC(C)CCCC(F)(F)F)CC1. The van der Waals surface area contributed by atoms with E-state index in [1.54, 1.807) is 0 Å². The van der Waals surface area contributed by atoms with E-state index in [2.05, 4.69) is 17.1 Å². The highest BCUT2D eigenvalue weighted by molar-refractivity contribution is 4.79. The van der Waals surface area contributed by atoms with Crippen LogP contribution in [0.15, 0.2) is 0 Å². The Morgan fingerprint density at radius 3 is 2.42 bits per heavy atom. The van der Waals surface area contributed by atoms with Gasteiger partial charge in [0.05, 0.1) is 0 Å². The van der Waals surface area contributed by atoms with Gasteiger partial charge in [0, 0.05) is 18.5 Å². The summed E-state index contributed by atoms with van der Waals surface area (Å²) < 4.78 is 36.2. The first-order chi connectivity index (χ1) is 8.90. The molecule has 1 atom stereocenters. The molecule has 0 aliphatic carbocycles. The first-order valence-electron chi connectivity index (χ1n) is 7.46. The number of piperidine rings is 1. The Labute approximate surface area is 114 Å². The lowest BCUT2D eigenvalue weighted by Gasteiger charge is -2.33. The van der Waals surface area contributed by atoms with Crippen molar-refractivity contribution >= 4 is 0 Å². The molecule has 1 aliphatic rings. The molecule has 5 heteroatoms. The molecule has 1 aliphatic heterocycles. The minimum absolute atomic E-state index is 0.185. The van der Waals surface area contributed by atoms with Gasteiger partial charge in [-0.3, -0.25) is 0 Å². The van der Waals surface area contributed by atoms with Crippen LogP contribution in [0, 0.1) is 0 Å². The molecular weight excluding hydrogens is 253 g/mol. The Hall–Kier alpha value is -0.290. The molecule has 1 heterocycles. The highest BCUT2D eigenvalue weighted by Crippen LogP contribution is 2.23. The first kappa shape index (κ1) is 16.8. The number of hydrogen-bond acceptors (Lipinski definition) is 2. The molecule has 1 fully saturated rings. The molecule has 0 amide bonds. The van der Waals surface area contributed by atoms with Crippen LogP contribution in [-0.4, -0.2) is 42.8 Å². The third kappa shape index (κ3) is 7.78. The van der Waals surface area contributed by atoms with Crippen LogP contribution >= 0.6 is 0 Å². The summed E-state index contributed by atoms with van der Waals surface area (Å²) >= 11 is 0. The average Bonchev–Trinajstić information content (AvgIpc) is 2.30. The zero-order valence-corrected chi connectivity index (χ0v) is 12.1. The molecule has 0 saturated carbocycles. The molecule has 0 aromatic rings. The van der Waals surface area contributed by atoms with Gasteiger partial charge in [-0.05, 0) is 58.7 Å². The fourth-order valence-electron chi connectivity index (χ4n) is 2.73. The van der Waals surface area contributed by atoms with Gasteiger partial charge < -0.3 is 10.2 Å². The summed E-state index contributed by atoms with van der Waals surface area (Å²) in [5, 5.41) is 3.47. The summed E-state index contributed by atoms with van der Waals surface area (Å²) in [4.78, 5) is 2.46. The van der Waals surface area contributed by atoms with E-state index in [1.807, 2.05) is 6.92 Å². The number of nitrogens with zero attached hydrogens (tertiary/aromatic N) is 1. The average molecular weight is 280 g/mol. The second-order valence-corrected chi connectivity index (χ2v) is 5.69. The number of alkyl halides is 3. The summed E-state index contributed by atoms with van der Waals surface area (Å²) in [6, 6.07) is 0.666. The van der Waals surface area contributed by atoms with Crippen molar-refractivity contribution in [2.24, 2.45) is 0 Å². The van der Waals surface area contributed by atoms with Crippen LogP contribution in [-0.2, 0) is 0 Å². The van der Waals surface area contributed by atoms with Crippen LogP contribution in [0.2, 0.25) is 0 Å². The highest BCUT2D eigenvalue weighted by Gasteiger charge is 2.26. The van der Waals surface area contributed by atoms with Crippen molar-refractivity contribution in [2.45, 2.75) is 70.6 Å². The lowest BCUT2D eigenvalue weighted by molar-refractivity contribution is -0.135. The minimum atomic E-state index is -4.01. The molecule has 0 bridgehead atoms. The topological polar surface area (TPSA) is 15.3 Å². The van der Waals surface area contributed by atoms with Crippen LogP contribution in [0.25, 0.3) is 0 Å². The number of rotatable bonds is 7. The van der Waals surface area contributed by atoms with Crippen LogP contribution in [0.5, 0.6) is 0 Å². The van der Waals surface area contributed by atoms with Crippen molar-refractivity contribution in [2.75, 3.05) is 19.6 Å².